The maximum Gasteiger partial charge on any atom is 0.126 e. The Morgan fingerprint density at radius 1 is 0.421 bits per heavy atom. The largest absolute Gasteiger partial charge is 0.493 e. The first-order valence-electron chi connectivity index (χ1n) is 20.7. The van der Waals surface area contributed by atoms with Gasteiger partial charge in [0.25, 0.3) is 0 Å². The molecule has 0 aliphatic heterocycles. The third kappa shape index (κ3) is 12.9. The number of nitrogens with zero attached hydrogens (tertiary/aromatic N) is 2. The lowest BCUT2D eigenvalue weighted by atomic mass is 9.79. The summed E-state index contributed by atoms with van der Waals surface area (Å²) in [6.45, 7) is 33.7. The Bertz CT molecular complexity index is 1720. The van der Waals surface area contributed by atoms with Crippen LogP contribution in [0.25, 0.3) is 0 Å². The average Bonchev–Trinajstić information content (AvgIpc) is 3.07. The predicted octanol–water partition coefficient (Wildman–Crippen LogP) is 13.9. The van der Waals surface area contributed by atoms with Crippen LogP contribution in [0, 0.1) is 0 Å². The van der Waals surface area contributed by atoms with Crippen LogP contribution < -0.4 is 19.3 Å². The van der Waals surface area contributed by atoms with Gasteiger partial charge in [0.15, 0.2) is 0 Å². The van der Waals surface area contributed by atoms with Crippen LogP contribution in [-0.2, 0) is 34.5 Å². The highest BCUT2D eigenvalue weighted by Gasteiger charge is 2.33. The number of hydrogen-bond acceptors (Lipinski definition) is 6. The molecule has 6 heteroatoms. The van der Waals surface area contributed by atoms with Crippen LogP contribution in [0.5, 0.6) is 11.5 Å². The zero-order valence-electron chi connectivity index (χ0n) is 38.8. The van der Waals surface area contributed by atoms with E-state index in [2.05, 4.69) is 208 Å². The second-order valence-corrected chi connectivity index (χ2v) is 24.3. The predicted molar refractivity (Wildman–Crippen MR) is 253 cm³/mol. The van der Waals surface area contributed by atoms with Crippen molar-refractivity contribution in [2.24, 2.45) is 0 Å². The van der Waals surface area contributed by atoms with Crippen LogP contribution in [0.4, 0.5) is 11.4 Å². The highest BCUT2D eigenvalue weighted by Crippen LogP contribution is 2.51. The van der Waals surface area contributed by atoms with E-state index in [1.165, 1.54) is 54.5 Å². The highest BCUT2D eigenvalue weighted by molar-refractivity contribution is 8.18. The SMILES string of the molecule is CN(C)c1ccc(CCOc2c(C(C)(C)C)cc(SC(C)(C)Sc3cc(C(C)(C)C)c(OCCc4ccc(N(C)C)cc4)c(C(C)(C)C)c3)cc2C(C)(C)C)cc1. The molecule has 0 spiro atoms. The minimum atomic E-state index is -0.156. The van der Waals surface area contributed by atoms with Gasteiger partial charge in [0.05, 0.1) is 17.3 Å². The van der Waals surface area contributed by atoms with E-state index in [0.717, 1.165) is 24.3 Å². The van der Waals surface area contributed by atoms with Crippen molar-refractivity contribution in [3.63, 3.8) is 0 Å². The van der Waals surface area contributed by atoms with Gasteiger partial charge in [-0.1, -0.05) is 107 Å². The van der Waals surface area contributed by atoms with E-state index >= 15 is 0 Å². The molecule has 0 bridgehead atoms. The Hall–Kier alpha value is -3.22. The summed E-state index contributed by atoms with van der Waals surface area (Å²) >= 11 is 3.90. The Balaban J connectivity index is 1.64. The fraction of sp³-hybridized carbons (Fsp3) is 0.529. The van der Waals surface area contributed by atoms with Crippen LogP contribution in [0.15, 0.2) is 82.6 Å². The zero-order valence-corrected chi connectivity index (χ0v) is 40.4. The van der Waals surface area contributed by atoms with Gasteiger partial charge < -0.3 is 19.3 Å². The van der Waals surface area contributed by atoms with Crippen LogP contribution in [0.1, 0.15) is 130 Å². The van der Waals surface area contributed by atoms with E-state index in [1.807, 2.05) is 23.5 Å². The first-order chi connectivity index (χ1) is 26.2. The van der Waals surface area contributed by atoms with Gasteiger partial charge in [0.2, 0.25) is 0 Å². The molecule has 312 valence electrons. The second kappa shape index (κ2) is 18.0. The molecule has 0 aromatic heterocycles. The van der Waals surface area contributed by atoms with Gasteiger partial charge in [0, 0.05) is 84.5 Å². The van der Waals surface area contributed by atoms with Gasteiger partial charge in [-0.3, -0.25) is 0 Å². The summed E-state index contributed by atoms with van der Waals surface area (Å²) in [5, 5.41) is 0. The molecule has 4 rings (SSSR count). The third-order valence-electron chi connectivity index (χ3n) is 10.3. The van der Waals surface area contributed by atoms with E-state index < -0.39 is 0 Å². The van der Waals surface area contributed by atoms with Crippen LogP contribution >= 0.6 is 23.5 Å². The number of thioether (sulfide) groups is 2. The van der Waals surface area contributed by atoms with E-state index in [9.17, 15) is 0 Å². The standard InChI is InChI=1S/C51H74N2O2S2/c1-47(2,3)41-31-39(32-42(48(4,5)6)45(41)54-29-27-35-19-23-37(24-20-35)52(15)16)56-51(13,14)57-40-33-43(49(7,8)9)46(44(34-40)50(10,11)12)55-30-28-36-21-25-38(26-22-36)53(17)18/h19-26,31-34H,27-30H2,1-18H3. The van der Waals surface area contributed by atoms with E-state index in [4.69, 9.17) is 9.47 Å². The average molecular weight is 811 g/mol. The molecule has 57 heavy (non-hydrogen) atoms. The third-order valence-corrected chi connectivity index (χ3v) is 12.7. The zero-order chi connectivity index (χ0) is 42.7. The van der Waals surface area contributed by atoms with Crippen molar-refractivity contribution in [1.82, 2.24) is 0 Å². The monoisotopic (exact) mass is 811 g/mol. The lowest BCUT2D eigenvalue weighted by Crippen LogP contribution is -2.21. The van der Waals surface area contributed by atoms with Gasteiger partial charge in [-0.2, -0.15) is 0 Å². The molecule has 0 radical (unpaired) electrons. The minimum Gasteiger partial charge on any atom is -0.493 e. The molecule has 4 aromatic rings. The Kier molecular flexibility index (Phi) is 14.6. The molecule has 0 saturated carbocycles. The van der Waals surface area contributed by atoms with Gasteiger partial charge >= 0.3 is 0 Å². The van der Waals surface area contributed by atoms with Gasteiger partial charge in [-0.05, 0) is 95.2 Å². The van der Waals surface area contributed by atoms with Crippen molar-refractivity contribution in [2.75, 3.05) is 51.2 Å². The second-order valence-electron chi connectivity index (χ2n) is 20.6. The molecular weight excluding hydrogens is 737 g/mol. The Morgan fingerprint density at radius 2 is 0.684 bits per heavy atom. The summed E-state index contributed by atoms with van der Waals surface area (Å²) in [4.78, 5) is 6.83. The quantitative estimate of drug-likeness (QED) is 0.0929. The molecule has 0 aliphatic carbocycles. The smallest absolute Gasteiger partial charge is 0.126 e. The van der Waals surface area contributed by atoms with Crippen molar-refractivity contribution in [3.8, 4) is 11.5 Å². The summed E-state index contributed by atoms with van der Waals surface area (Å²) in [6.07, 6.45) is 1.73. The van der Waals surface area contributed by atoms with Crippen molar-refractivity contribution < 1.29 is 9.47 Å². The van der Waals surface area contributed by atoms with Gasteiger partial charge in [0.1, 0.15) is 11.5 Å². The molecule has 0 amide bonds. The topological polar surface area (TPSA) is 24.9 Å². The summed E-state index contributed by atoms with van der Waals surface area (Å²) in [5.74, 6) is 2.08. The van der Waals surface area contributed by atoms with Crippen molar-refractivity contribution >= 4 is 34.9 Å². The maximum absolute atomic E-state index is 6.81. The van der Waals surface area contributed by atoms with Crippen LogP contribution in [0.2, 0.25) is 0 Å². The van der Waals surface area contributed by atoms with Crippen LogP contribution in [0.3, 0.4) is 0 Å². The fourth-order valence-electron chi connectivity index (χ4n) is 6.91. The molecule has 0 atom stereocenters. The number of anilines is 2. The fourth-order valence-corrected chi connectivity index (χ4v) is 9.50. The number of hydrogen-bond donors (Lipinski definition) is 0. The molecule has 0 heterocycles. The van der Waals surface area contributed by atoms with Crippen LogP contribution in [-0.4, -0.2) is 45.5 Å². The molecule has 0 N–H and O–H groups in total. The number of ether oxygens (including phenoxy) is 2. The summed E-state index contributed by atoms with van der Waals surface area (Å²) in [5.41, 5.74) is 9.69. The number of benzene rings is 4. The van der Waals surface area contributed by atoms with E-state index in [1.54, 1.807) is 0 Å². The Labute approximate surface area is 356 Å². The van der Waals surface area contributed by atoms with Gasteiger partial charge in [-0.25, -0.2) is 0 Å². The molecule has 0 aliphatic rings. The summed E-state index contributed by atoms with van der Waals surface area (Å²) < 4.78 is 13.5. The molecule has 0 fully saturated rings. The molecular formula is C51H74N2O2S2. The van der Waals surface area contributed by atoms with E-state index in [0.29, 0.717) is 13.2 Å². The first kappa shape index (κ1) is 46.5. The molecule has 0 saturated heterocycles. The molecule has 4 aromatic carbocycles. The summed E-state index contributed by atoms with van der Waals surface area (Å²) in [6, 6.07) is 27.2. The molecule has 0 unspecified atom stereocenters. The Morgan fingerprint density at radius 3 is 0.912 bits per heavy atom. The highest BCUT2D eigenvalue weighted by atomic mass is 32.2. The van der Waals surface area contributed by atoms with E-state index in [-0.39, 0.29) is 25.7 Å². The van der Waals surface area contributed by atoms with Crippen molar-refractivity contribution in [1.29, 1.82) is 0 Å². The first-order valence-corrected chi connectivity index (χ1v) is 22.3. The molecule has 4 nitrogen and oxygen atoms in total. The van der Waals surface area contributed by atoms with Crippen molar-refractivity contribution in [3.05, 3.63) is 106 Å². The lowest BCUT2D eigenvalue weighted by molar-refractivity contribution is 0.303. The number of rotatable bonds is 14. The maximum atomic E-state index is 6.81. The minimum absolute atomic E-state index is 0.0920. The van der Waals surface area contributed by atoms with Gasteiger partial charge in [-0.15, -0.1) is 23.5 Å². The van der Waals surface area contributed by atoms with Crippen molar-refractivity contribution in [2.45, 2.75) is 145 Å². The normalized spacial score (nSPS) is 12.8. The summed E-state index contributed by atoms with van der Waals surface area (Å²) in [7, 11) is 8.32. The lowest BCUT2D eigenvalue weighted by Gasteiger charge is -2.33.